The summed E-state index contributed by atoms with van der Waals surface area (Å²) >= 11 is 0. The first-order valence-corrected chi connectivity index (χ1v) is 10.4. The second-order valence-electron chi connectivity index (χ2n) is 7.63. The Morgan fingerprint density at radius 2 is 1.81 bits per heavy atom. The Balaban J connectivity index is 1.35. The van der Waals surface area contributed by atoms with Gasteiger partial charge < -0.3 is 15.0 Å². The number of nitrogens with zero attached hydrogens (tertiary/aromatic N) is 3. The lowest BCUT2D eigenvalue weighted by Gasteiger charge is -2.32. The summed E-state index contributed by atoms with van der Waals surface area (Å²) in [7, 11) is 1.63. The molecule has 0 radical (unpaired) electrons. The Bertz CT molecular complexity index is 1010. The SMILES string of the molecule is COc1ccc(CNC(=O)[C@H]2CCCN(c3ncc(-c4ccc(F)cc4)cn3)C2)cc1. The molecule has 6 nitrogen and oxygen atoms in total. The van der Waals surface area contributed by atoms with E-state index in [0.717, 1.165) is 41.8 Å². The fraction of sp³-hybridized carbons (Fsp3) is 0.292. The van der Waals surface area contributed by atoms with Crippen molar-refractivity contribution in [3.63, 3.8) is 0 Å². The highest BCUT2D eigenvalue weighted by Crippen LogP contribution is 2.23. The number of amides is 1. The molecule has 1 amide bonds. The summed E-state index contributed by atoms with van der Waals surface area (Å²) in [5.41, 5.74) is 2.72. The van der Waals surface area contributed by atoms with Crippen LogP contribution in [0.4, 0.5) is 10.3 Å². The maximum absolute atomic E-state index is 13.1. The van der Waals surface area contributed by atoms with Crippen molar-refractivity contribution >= 4 is 11.9 Å². The van der Waals surface area contributed by atoms with Crippen LogP contribution in [0.2, 0.25) is 0 Å². The zero-order valence-corrected chi connectivity index (χ0v) is 17.4. The minimum absolute atomic E-state index is 0.0449. The minimum atomic E-state index is -0.272. The van der Waals surface area contributed by atoms with Gasteiger partial charge in [0.25, 0.3) is 0 Å². The van der Waals surface area contributed by atoms with Crippen LogP contribution in [0.3, 0.4) is 0 Å². The average Bonchev–Trinajstić information content (AvgIpc) is 2.83. The van der Waals surface area contributed by atoms with Crippen molar-refractivity contribution in [3.8, 4) is 16.9 Å². The second-order valence-corrected chi connectivity index (χ2v) is 7.63. The quantitative estimate of drug-likeness (QED) is 0.657. The van der Waals surface area contributed by atoms with Crippen LogP contribution in [-0.2, 0) is 11.3 Å². The van der Waals surface area contributed by atoms with Crippen molar-refractivity contribution in [1.82, 2.24) is 15.3 Å². The molecule has 1 fully saturated rings. The third-order valence-electron chi connectivity index (χ3n) is 5.52. The molecule has 2 heterocycles. The number of hydrogen-bond acceptors (Lipinski definition) is 5. The molecule has 1 aromatic heterocycles. The van der Waals surface area contributed by atoms with Gasteiger partial charge in [0, 0.05) is 37.6 Å². The Hall–Kier alpha value is -3.48. The van der Waals surface area contributed by atoms with Crippen LogP contribution in [0.25, 0.3) is 11.1 Å². The summed E-state index contributed by atoms with van der Waals surface area (Å²) in [6.45, 7) is 1.89. The number of methoxy groups -OCH3 is 1. The van der Waals surface area contributed by atoms with Gasteiger partial charge in [-0.3, -0.25) is 4.79 Å². The van der Waals surface area contributed by atoms with E-state index in [0.29, 0.717) is 19.0 Å². The number of anilines is 1. The van der Waals surface area contributed by atoms with Crippen molar-refractivity contribution in [1.29, 1.82) is 0 Å². The maximum atomic E-state index is 13.1. The molecule has 0 saturated carbocycles. The minimum Gasteiger partial charge on any atom is -0.497 e. The fourth-order valence-electron chi connectivity index (χ4n) is 3.73. The molecule has 1 atom stereocenters. The summed E-state index contributed by atoms with van der Waals surface area (Å²) in [5, 5.41) is 3.04. The van der Waals surface area contributed by atoms with E-state index in [4.69, 9.17) is 4.74 Å². The van der Waals surface area contributed by atoms with Crippen LogP contribution in [0, 0.1) is 11.7 Å². The number of ether oxygens (including phenoxy) is 1. The molecule has 1 aliphatic rings. The highest BCUT2D eigenvalue weighted by molar-refractivity contribution is 5.79. The molecule has 0 spiro atoms. The van der Waals surface area contributed by atoms with Gasteiger partial charge in [-0.15, -0.1) is 0 Å². The third-order valence-corrected chi connectivity index (χ3v) is 5.52. The number of rotatable bonds is 6. The number of carbonyl (C=O) groups is 1. The largest absolute Gasteiger partial charge is 0.497 e. The molecule has 160 valence electrons. The second kappa shape index (κ2) is 9.55. The molecule has 2 aromatic carbocycles. The van der Waals surface area contributed by atoms with Gasteiger partial charge in [-0.25, -0.2) is 14.4 Å². The van der Waals surface area contributed by atoms with E-state index in [1.807, 2.05) is 24.3 Å². The summed E-state index contributed by atoms with van der Waals surface area (Å²) in [6, 6.07) is 13.9. The number of carbonyl (C=O) groups excluding carboxylic acids is 1. The van der Waals surface area contributed by atoms with Gasteiger partial charge in [-0.2, -0.15) is 0 Å². The van der Waals surface area contributed by atoms with Gasteiger partial charge in [0.1, 0.15) is 11.6 Å². The van der Waals surface area contributed by atoms with Crippen molar-refractivity contribution in [2.75, 3.05) is 25.1 Å². The third kappa shape index (κ3) is 5.17. The molecular formula is C24H25FN4O2. The number of halogens is 1. The molecule has 0 bridgehead atoms. The molecule has 4 rings (SSSR count). The highest BCUT2D eigenvalue weighted by Gasteiger charge is 2.27. The monoisotopic (exact) mass is 420 g/mol. The van der Waals surface area contributed by atoms with Crippen LogP contribution in [0.1, 0.15) is 18.4 Å². The van der Waals surface area contributed by atoms with Gasteiger partial charge in [0.2, 0.25) is 11.9 Å². The molecule has 31 heavy (non-hydrogen) atoms. The molecule has 0 aliphatic carbocycles. The van der Waals surface area contributed by atoms with E-state index >= 15 is 0 Å². The van der Waals surface area contributed by atoms with Gasteiger partial charge in [0.05, 0.1) is 13.0 Å². The van der Waals surface area contributed by atoms with Crippen molar-refractivity contribution in [2.24, 2.45) is 5.92 Å². The van der Waals surface area contributed by atoms with Crippen LogP contribution in [-0.4, -0.2) is 36.1 Å². The lowest BCUT2D eigenvalue weighted by atomic mass is 9.97. The standard InChI is InChI=1S/C24H25FN4O2/c1-31-22-10-4-17(5-11-22)13-26-23(30)19-3-2-12-29(16-19)24-27-14-20(15-28-24)18-6-8-21(25)9-7-18/h4-11,14-15,19H,2-3,12-13,16H2,1H3,(H,26,30)/t19-/m0/s1. The van der Waals surface area contributed by atoms with Crippen LogP contribution in [0.15, 0.2) is 60.9 Å². The van der Waals surface area contributed by atoms with Gasteiger partial charge in [-0.05, 0) is 48.2 Å². The summed E-state index contributed by atoms with van der Waals surface area (Å²) in [4.78, 5) is 23.7. The number of nitrogens with one attached hydrogen (secondary N) is 1. The van der Waals surface area contributed by atoms with Crippen LogP contribution < -0.4 is 15.0 Å². The van der Waals surface area contributed by atoms with E-state index < -0.39 is 0 Å². The Morgan fingerprint density at radius 1 is 1.10 bits per heavy atom. The molecule has 1 aliphatic heterocycles. The topological polar surface area (TPSA) is 67.3 Å². The van der Waals surface area contributed by atoms with Crippen molar-refractivity contribution < 1.29 is 13.9 Å². The molecule has 3 aromatic rings. The number of piperidine rings is 1. The molecule has 0 unspecified atom stereocenters. The number of hydrogen-bond donors (Lipinski definition) is 1. The van der Waals surface area contributed by atoms with E-state index in [-0.39, 0.29) is 17.6 Å². The van der Waals surface area contributed by atoms with E-state index in [9.17, 15) is 9.18 Å². The molecule has 1 N–H and O–H groups in total. The van der Waals surface area contributed by atoms with Gasteiger partial charge in [-0.1, -0.05) is 24.3 Å². The molecule has 1 saturated heterocycles. The first-order valence-electron chi connectivity index (χ1n) is 10.4. The van der Waals surface area contributed by atoms with Crippen LogP contribution in [0.5, 0.6) is 5.75 Å². The van der Waals surface area contributed by atoms with E-state index in [2.05, 4.69) is 20.2 Å². The van der Waals surface area contributed by atoms with Crippen molar-refractivity contribution in [3.05, 3.63) is 72.3 Å². The van der Waals surface area contributed by atoms with Gasteiger partial charge >= 0.3 is 0 Å². The molecule has 7 heteroatoms. The van der Waals surface area contributed by atoms with Crippen LogP contribution >= 0.6 is 0 Å². The maximum Gasteiger partial charge on any atom is 0.225 e. The summed E-state index contributed by atoms with van der Waals surface area (Å²) < 4.78 is 18.3. The van der Waals surface area contributed by atoms with E-state index in [1.165, 1.54) is 12.1 Å². The number of aromatic nitrogens is 2. The first-order chi connectivity index (χ1) is 15.1. The van der Waals surface area contributed by atoms with E-state index in [1.54, 1.807) is 31.6 Å². The predicted molar refractivity (Wildman–Crippen MR) is 117 cm³/mol. The Kier molecular flexibility index (Phi) is 6.40. The predicted octanol–water partition coefficient (Wildman–Crippen LogP) is 3.82. The fourth-order valence-corrected chi connectivity index (χ4v) is 3.73. The average molecular weight is 420 g/mol. The Labute approximate surface area is 181 Å². The zero-order chi connectivity index (χ0) is 21.6. The normalized spacial score (nSPS) is 16.1. The number of benzene rings is 2. The lowest BCUT2D eigenvalue weighted by molar-refractivity contribution is -0.125. The summed E-state index contributed by atoms with van der Waals surface area (Å²) in [5.74, 6) is 1.07. The summed E-state index contributed by atoms with van der Waals surface area (Å²) in [6.07, 6.45) is 5.23. The lowest BCUT2D eigenvalue weighted by Crippen LogP contribution is -2.43. The van der Waals surface area contributed by atoms with Gasteiger partial charge in [0.15, 0.2) is 0 Å². The zero-order valence-electron chi connectivity index (χ0n) is 17.4. The Morgan fingerprint density at radius 3 is 2.48 bits per heavy atom. The smallest absolute Gasteiger partial charge is 0.225 e. The first kappa shape index (κ1) is 20.8. The van der Waals surface area contributed by atoms with Crippen molar-refractivity contribution in [2.45, 2.75) is 19.4 Å². The molecular weight excluding hydrogens is 395 g/mol. The highest BCUT2D eigenvalue weighted by atomic mass is 19.1.